The molecule has 120 valence electrons. The highest BCUT2D eigenvalue weighted by Crippen LogP contribution is 2.32. The van der Waals surface area contributed by atoms with Gasteiger partial charge in [-0.1, -0.05) is 29.8 Å². The van der Waals surface area contributed by atoms with E-state index < -0.39 is 0 Å². The zero-order valence-electron chi connectivity index (χ0n) is 12.9. The van der Waals surface area contributed by atoms with Crippen LogP contribution in [-0.2, 0) is 0 Å². The molecule has 0 fully saturated rings. The van der Waals surface area contributed by atoms with Crippen molar-refractivity contribution in [3.05, 3.63) is 58.4 Å². The first kappa shape index (κ1) is 14.6. The molecule has 7 heteroatoms. The fraction of sp³-hybridized carbons (Fsp3) is 0.118. The summed E-state index contributed by atoms with van der Waals surface area (Å²) >= 11 is 5.28. The van der Waals surface area contributed by atoms with E-state index in [1.165, 1.54) is 5.56 Å². The molecule has 0 atom stereocenters. The van der Waals surface area contributed by atoms with Crippen molar-refractivity contribution in [1.82, 2.24) is 14.9 Å². The number of rotatable bonds is 3. The van der Waals surface area contributed by atoms with Crippen LogP contribution in [0.4, 0.5) is 0 Å². The predicted molar refractivity (Wildman–Crippen MR) is 93.1 cm³/mol. The van der Waals surface area contributed by atoms with Crippen molar-refractivity contribution in [3.63, 3.8) is 0 Å². The third-order valence-corrected chi connectivity index (χ3v) is 3.94. The molecule has 0 unspecified atom stereocenters. The van der Waals surface area contributed by atoms with E-state index in [0.717, 1.165) is 16.9 Å². The molecule has 0 saturated carbocycles. The monoisotopic (exact) mass is 338 g/mol. The zero-order chi connectivity index (χ0) is 16.5. The SMILES string of the molecule is Cc1ccc(-c2n[nH]c(=S)n2N=Cc2ccc3c(c2)OCO3)cc1. The van der Waals surface area contributed by atoms with Gasteiger partial charge in [-0.05, 0) is 42.9 Å². The van der Waals surface area contributed by atoms with Crippen LogP contribution < -0.4 is 9.47 Å². The largest absolute Gasteiger partial charge is 0.454 e. The van der Waals surface area contributed by atoms with Gasteiger partial charge in [-0.25, -0.2) is 5.10 Å². The quantitative estimate of drug-likeness (QED) is 0.586. The second kappa shape index (κ2) is 5.93. The van der Waals surface area contributed by atoms with Crippen LogP contribution in [0.1, 0.15) is 11.1 Å². The normalized spacial score (nSPS) is 12.9. The van der Waals surface area contributed by atoms with Crippen LogP contribution in [0.25, 0.3) is 11.4 Å². The summed E-state index contributed by atoms with van der Waals surface area (Å²) in [6.45, 7) is 2.29. The van der Waals surface area contributed by atoms with Gasteiger partial charge in [0.2, 0.25) is 11.6 Å². The number of nitrogens with one attached hydrogen (secondary N) is 1. The van der Waals surface area contributed by atoms with Gasteiger partial charge < -0.3 is 9.47 Å². The van der Waals surface area contributed by atoms with Crippen LogP contribution in [0.15, 0.2) is 47.6 Å². The van der Waals surface area contributed by atoms with Gasteiger partial charge in [0.25, 0.3) is 0 Å². The number of aryl methyl sites for hydroxylation is 1. The predicted octanol–water partition coefficient (Wildman–Crippen LogP) is 3.53. The number of aromatic amines is 1. The third-order valence-electron chi connectivity index (χ3n) is 3.68. The van der Waals surface area contributed by atoms with E-state index in [2.05, 4.69) is 15.3 Å². The van der Waals surface area contributed by atoms with E-state index >= 15 is 0 Å². The van der Waals surface area contributed by atoms with Crippen molar-refractivity contribution in [2.45, 2.75) is 6.92 Å². The second-order valence-corrected chi connectivity index (χ2v) is 5.77. The molecule has 6 nitrogen and oxygen atoms in total. The Kier molecular flexibility index (Phi) is 3.62. The Morgan fingerprint density at radius 1 is 1.17 bits per heavy atom. The molecule has 0 bridgehead atoms. The molecule has 1 aliphatic rings. The van der Waals surface area contributed by atoms with Crippen LogP contribution in [0, 0.1) is 11.7 Å². The molecule has 3 aromatic rings. The number of H-pyrrole nitrogens is 1. The van der Waals surface area contributed by atoms with Crippen molar-refractivity contribution in [2.75, 3.05) is 6.79 Å². The summed E-state index contributed by atoms with van der Waals surface area (Å²) in [5, 5.41) is 11.5. The molecule has 0 aliphatic carbocycles. The minimum atomic E-state index is 0.250. The molecule has 24 heavy (non-hydrogen) atoms. The van der Waals surface area contributed by atoms with E-state index in [1.807, 2.05) is 49.4 Å². The van der Waals surface area contributed by atoms with Crippen LogP contribution in [0.2, 0.25) is 0 Å². The van der Waals surface area contributed by atoms with E-state index in [0.29, 0.717) is 16.3 Å². The number of nitrogens with zero attached hydrogens (tertiary/aromatic N) is 3. The Labute approximate surface area is 143 Å². The first-order valence-corrected chi connectivity index (χ1v) is 7.80. The van der Waals surface area contributed by atoms with E-state index in [1.54, 1.807) is 10.9 Å². The molecule has 2 aromatic carbocycles. The minimum Gasteiger partial charge on any atom is -0.454 e. The molecule has 1 aliphatic heterocycles. The zero-order valence-corrected chi connectivity index (χ0v) is 13.7. The summed E-state index contributed by atoms with van der Waals surface area (Å²) in [6, 6.07) is 13.7. The van der Waals surface area contributed by atoms with Gasteiger partial charge >= 0.3 is 0 Å². The average molecular weight is 338 g/mol. The highest BCUT2D eigenvalue weighted by atomic mass is 32.1. The van der Waals surface area contributed by atoms with Crippen LogP contribution >= 0.6 is 12.2 Å². The van der Waals surface area contributed by atoms with Gasteiger partial charge in [-0.3, -0.25) is 0 Å². The van der Waals surface area contributed by atoms with Crippen LogP contribution in [0.3, 0.4) is 0 Å². The van der Waals surface area contributed by atoms with E-state index in [4.69, 9.17) is 21.7 Å². The van der Waals surface area contributed by atoms with Crippen LogP contribution in [-0.4, -0.2) is 27.9 Å². The molecule has 1 aromatic heterocycles. The van der Waals surface area contributed by atoms with Crippen molar-refractivity contribution in [1.29, 1.82) is 0 Å². The number of fused-ring (bicyclic) bond motifs is 1. The van der Waals surface area contributed by atoms with Crippen molar-refractivity contribution in [2.24, 2.45) is 5.10 Å². The first-order valence-electron chi connectivity index (χ1n) is 7.39. The van der Waals surface area contributed by atoms with Gasteiger partial charge in [0.1, 0.15) is 0 Å². The summed E-state index contributed by atoms with van der Waals surface area (Å²) < 4.78 is 12.7. The Morgan fingerprint density at radius 2 is 1.96 bits per heavy atom. The third kappa shape index (κ3) is 2.69. The number of benzene rings is 2. The molecule has 0 amide bonds. The van der Waals surface area contributed by atoms with E-state index in [-0.39, 0.29) is 6.79 Å². The maximum atomic E-state index is 5.37. The number of hydrogen-bond donors (Lipinski definition) is 1. The number of hydrogen-bond acceptors (Lipinski definition) is 5. The lowest BCUT2D eigenvalue weighted by Gasteiger charge is -2.02. The highest BCUT2D eigenvalue weighted by Gasteiger charge is 2.13. The van der Waals surface area contributed by atoms with E-state index in [9.17, 15) is 0 Å². The van der Waals surface area contributed by atoms with Crippen molar-refractivity contribution < 1.29 is 9.47 Å². The summed E-state index contributed by atoms with van der Waals surface area (Å²) in [4.78, 5) is 0. The highest BCUT2D eigenvalue weighted by molar-refractivity contribution is 7.71. The summed E-state index contributed by atoms with van der Waals surface area (Å²) in [5.41, 5.74) is 3.01. The fourth-order valence-electron chi connectivity index (χ4n) is 2.41. The topological polar surface area (TPSA) is 64.4 Å². The standard InChI is InChI=1S/C17H14N4O2S/c1-11-2-5-13(6-3-11)16-19-20-17(24)21(16)18-9-12-4-7-14-15(8-12)23-10-22-14/h2-9H,10H2,1H3,(H,20,24). The van der Waals surface area contributed by atoms with Gasteiger partial charge in [-0.2, -0.15) is 14.9 Å². The lowest BCUT2D eigenvalue weighted by molar-refractivity contribution is 0.174. The lowest BCUT2D eigenvalue weighted by Crippen LogP contribution is -1.95. The number of aromatic nitrogens is 3. The molecule has 0 radical (unpaired) electrons. The average Bonchev–Trinajstić information content (AvgIpc) is 3.20. The van der Waals surface area contributed by atoms with Gasteiger partial charge in [0.05, 0.1) is 6.21 Å². The van der Waals surface area contributed by atoms with Gasteiger partial charge in [0, 0.05) is 5.56 Å². The summed E-state index contributed by atoms with van der Waals surface area (Å²) in [6.07, 6.45) is 1.71. The second-order valence-electron chi connectivity index (χ2n) is 5.39. The Hall–Kier alpha value is -2.93. The molecular weight excluding hydrogens is 324 g/mol. The maximum Gasteiger partial charge on any atom is 0.231 e. The Balaban J connectivity index is 1.68. The van der Waals surface area contributed by atoms with Crippen LogP contribution in [0.5, 0.6) is 11.5 Å². The van der Waals surface area contributed by atoms with Gasteiger partial charge in [-0.15, -0.1) is 0 Å². The molecule has 2 heterocycles. The molecule has 4 rings (SSSR count). The smallest absolute Gasteiger partial charge is 0.231 e. The molecular formula is C17H14N4O2S. The number of ether oxygens (including phenoxy) is 2. The lowest BCUT2D eigenvalue weighted by atomic mass is 10.1. The summed E-state index contributed by atoms with van der Waals surface area (Å²) in [7, 11) is 0. The van der Waals surface area contributed by atoms with Gasteiger partial charge in [0.15, 0.2) is 17.3 Å². The maximum absolute atomic E-state index is 5.37. The van der Waals surface area contributed by atoms with Crippen molar-refractivity contribution >= 4 is 18.4 Å². The molecule has 1 N–H and O–H groups in total. The molecule has 0 spiro atoms. The Morgan fingerprint density at radius 3 is 2.79 bits per heavy atom. The van der Waals surface area contributed by atoms with Crippen molar-refractivity contribution in [3.8, 4) is 22.9 Å². The summed E-state index contributed by atoms with van der Waals surface area (Å²) in [5.74, 6) is 2.12. The molecule has 0 saturated heterocycles. The minimum absolute atomic E-state index is 0.250. The first-order chi connectivity index (χ1) is 11.7. The fourth-order valence-corrected chi connectivity index (χ4v) is 2.59. The Bertz CT molecular complexity index is 973.